The summed E-state index contributed by atoms with van der Waals surface area (Å²) in [6.45, 7) is 0. The molecule has 1 atom stereocenters. The molecule has 22 heavy (non-hydrogen) atoms. The number of H-pyrrole nitrogens is 1. The molecule has 0 spiro atoms. The van der Waals surface area contributed by atoms with Crippen molar-refractivity contribution in [2.75, 3.05) is 7.11 Å². The number of hydrogen-bond donors (Lipinski definition) is 2. The van der Waals surface area contributed by atoms with E-state index in [2.05, 4.69) is 15.1 Å². The lowest BCUT2D eigenvalue weighted by molar-refractivity contribution is 0.315. The van der Waals surface area contributed by atoms with Gasteiger partial charge >= 0.3 is 0 Å². The highest BCUT2D eigenvalue weighted by Gasteiger charge is 2.21. The van der Waals surface area contributed by atoms with Gasteiger partial charge in [-0.25, -0.2) is 4.98 Å². The molecule has 0 saturated heterocycles. The third-order valence-corrected chi connectivity index (χ3v) is 5.28. The maximum absolute atomic E-state index is 9.29. The van der Waals surface area contributed by atoms with Crippen molar-refractivity contribution < 1.29 is 9.94 Å². The lowest BCUT2D eigenvalue weighted by Crippen LogP contribution is -2.19. The SMILES string of the molecule is COc1ccc2nc(SC3CCCCCC/C3=N/O)[nH]c2c1. The van der Waals surface area contributed by atoms with Crippen LogP contribution in [0.3, 0.4) is 0 Å². The van der Waals surface area contributed by atoms with Gasteiger partial charge in [0, 0.05) is 6.07 Å². The van der Waals surface area contributed by atoms with Crippen LogP contribution in [0.1, 0.15) is 38.5 Å². The number of fused-ring (bicyclic) bond motifs is 1. The van der Waals surface area contributed by atoms with E-state index >= 15 is 0 Å². The molecular formula is C16H21N3O2S. The minimum absolute atomic E-state index is 0.202. The molecule has 118 valence electrons. The molecule has 5 nitrogen and oxygen atoms in total. The van der Waals surface area contributed by atoms with Crippen molar-refractivity contribution in [1.82, 2.24) is 9.97 Å². The summed E-state index contributed by atoms with van der Waals surface area (Å²) < 4.78 is 5.24. The van der Waals surface area contributed by atoms with Crippen LogP contribution in [0.25, 0.3) is 11.0 Å². The molecule has 1 saturated carbocycles. The van der Waals surface area contributed by atoms with E-state index < -0.39 is 0 Å². The maximum atomic E-state index is 9.29. The van der Waals surface area contributed by atoms with E-state index in [0.29, 0.717) is 0 Å². The smallest absolute Gasteiger partial charge is 0.167 e. The summed E-state index contributed by atoms with van der Waals surface area (Å²) in [6, 6.07) is 5.81. The van der Waals surface area contributed by atoms with Gasteiger partial charge in [0.25, 0.3) is 0 Å². The van der Waals surface area contributed by atoms with Gasteiger partial charge in [0.1, 0.15) is 5.75 Å². The number of nitrogens with one attached hydrogen (secondary N) is 1. The van der Waals surface area contributed by atoms with Crippen LogP contribution in [-0.2, 0) is 0 Å². The molecule has 0 aliphatic heterocycles. The molecule has 1 heterocycles. The Bertz CT molecular complexity index is 668. The van der Waals surface area contributed by atoms with Crippen molar-refractivity contribution in [3.05, 3.63) is 18.2 Å². The fraction of sp³-hybridized carbons (Fsp3) is 0.500. The second-order valence-corrected chi connectivity index (χ2v) is 6.77. The zero-order valence-electron chi connectivity index (χ0n) is 12.7. The number of rotatable bonds is 3. The number of methoxy groups -OCH3 is 1. The molecule has 1 aliphatic rings. The van der Waals surface area contributed by atoms with Crippen molar-refractivity contribution in [3.8, 4) is 5.75 Å². The van der Waals surface area contributed by atoms with E-state index in [9.17, 15) is 5.21 Å². The molecule has 2 aromatic rings. The van der Waals surface area contributed by atoms with E-state index in [-0.39, 0.29) is 5.25 Å². The van der Waals surface area contributed by atoms with Crippen LogP contribution in [0.15, 0.2) is 28.5 Å². The molecule has 1 aromatic heterocycles. The molecule has 0 amide bonds. The van der Waals surface area contributed by atoms with Crippen LogP contribution < -0.4 is 4.74 Å². The molecule has 2 N–H and O–H groups in total. The highest BCUT2D eigenvalue weighted by Crippen LogP contribution is 2.31. The number of imidazole rings is 1. The number of nitrogens with zero attached hydrogens (tertiary/aromatic N) is 2. The van der Waals surface area contributed by atoms with Gasteiger partial charge in [-0.1, -0.05) is 36.2 Å². The zero-order chi connectivity index (χ0) is 15.4. The Balaban J connectivity index is 1.80. The molecular weight excluding hydrogens is 298 g/mol. The number of hydrogen-bond acceptors (Lipinski definition) is 5. The fourth-order valence-corrected chi connectivity index (χ4v) is 4.02. The minimum Gasteiger partial charge on any atom is -0.497 e. The third kappa shape index (κ3) is 3.38. The second kappa shape index (κ2) is 7.05. The fourth-order valence-electron chi connectivity index (χ4n) is 2.84. The zero-order valence-corrected chi connectivity index (χ0v) is 13.5. The van der Waals surface area contributed by atoms with E-state index in [4.69, 9.17) is 4.74 Å². The van der Waals surface area contributed by atoms with Gasteiger partial charge in [0.05, 0.1) is 29.1 Å². The lowest BCUT2D eigenvalue weighted by Gasteiger charge is -2.19. The van der Waals surface area contributed by atoms with Gasteiger partial charge in [-0.2, -0.15) is 0 Å². The molecule has 1 unspecified atom stereocenters. The molecule has 1 aliphatic carbocycles. The van der Waals surface area contributed by atoms with Crippen molar-refractivity contribution in [2.45, 2.75) is 48.9 Å². The first-order valence-corrected chi connectivity index (χ1v) is 8.59. The van der Waals surface area contributed by atoms with Crippen LogP contribution in [0, 0.1) is 0 Å². The van der Waals surface area contributed by atoms with E-state index in [1.807, 2.05) is 18.2 Å². The summed E-state index contributed by atoms with van der Waals surface area (Å²) in [7, 11) is 1.66. The summed E-state index contributed by atoms with van der Waals surface area (Å²) >= 11 is 1.66. The van der Waals surface area contributed by atoms with Gasteiger partial charge in [-0.15, -0.1) is 0 Å². The lowest BCUT2D eigenvalue weighted by atomic mass is 9.99. The Hall–Kier alpha value is -1.69. The first-order valence-electron chi connectivity index (χ1n) is 7.71. The summed E-state index contributed by atoms with van der Waals surface area (Å²) in [5, 5.41) is 13.9. The number of aromatic nitrogens is 2. The van der Waals surface area contributed by atoms with E-state index in [1.54, 1.807) is 18.9 Å². The average Bonchev–Trinajstić information content (AvgIpc) is 2.91. The average molecular weight is 319 g/mol. The molecule has 6 heteroatoms. The Morgan fingerprint density at radius 3 is 3.00 bits per heavy atom. The van der Waals surface area contributed by atoms with Crippen LogP contribution in [-0.4, -0.2) is 33.2 Å². The van der Waals surface area contributed by atoms with E-state index in [0.717, 1.165) is 46.9 Å². The first-order chi connectivity index (χ1) is 10.8. The van der Waals surface area contributed by atoms with Crippen LogP contribution in [0.4, 0.5) is 0 Å². The normalized spacial score (nSPS) is 21.7. The maximum Gasteiger partial charge on any atom is 0.167 e. The predicted molar refractivity (Wildman–Crippen MR) is 89.2 cm³/mol. The van der Waals surface area contributed by atoms with E-state index in [1.165, 1.54) is 19.3 Å². The third-order valence-electron chi connectivity index (χ3n) is 4.07. The standard InChI is InChI=1S/C16H21N3O2S/c1-21-11-8-9-12-14(10-11)18-16(17-12)22-15-7-5-3-2-4-6-13(15)19-20/h8-10,15,20H,2-7H2,1H3,(H,17,18)/b19-13-. The molecule has 1 fully saturated rings. The summed E-state index contributed by atoms with van der Waals surface area (Å²) in [6.07, 6.45) is 6.67. The number of ether oxygens (including phenoxy) is 1. The molecule has 1 aromatic carbocycles. The first kappa shape index (κ1) is 15.2. The summed E-state index contributed by atoms with van der Waals surface area (Å²) in [5.41, 5.74) is 2.79. The number of thioether (sulfide) groups is 1. The Morgan fingerprint density at radius 2 is 2.18 bits per heavy atom. The van der Waals surface area contributed by atoms with Crippen LogP contribution in [0.5, 0.6) is 5.75 Å². The highest BCUT2D eigenvalue weighted by atomic mass is 32.2. The predicted octanol–water partition coefficient (Wildman–Crippen LogP) is 4.22. The topological polar surface area (TPSA) is 70.5 Å². The quantitative estimate of drug-likeness (QED) is 0.656. The van der Waals surface area contributed by atoms with Crippen molar-refractivity contribution >= 4 is 28.5 Å². The minimum atomic E-state index is 0.202. The molecule has 0 radical (unpaired) electrons. The van der Waals surface area contributed by atoms with Crippen molar-refractivity contribution in [3.63, 3.8) is 0 Å². The van der Waals surface area contributed by atoms with Gasteiger partial charge in [0.2, 0.25) is 0 Å². The highest BCUT2D eigenvalue weighted by molar-refractivity contribution is 8.00. The van der Waals surface area contributed by atoms with Gasteiger partial charge in [-0.3, -0.25) is 0 Å². The Labute approximate surface area is 134 Å². The summed E-state index contributed by atoms with van der Waals surface area (Å²) in [5.74, 6) is 0.816. The van der Waals surface area contributed by atoms with Gasteiger partial charge < -0.3 is 14.9 Å². The van der Waals surface area contributed by atoms with Crippen LogP contribution in [0.2, 0.25) is 0 Å². The van der Waals surface area contributed by atoms with Gasteiger partial charge in [-0.05, 0) is 31.4 Å². The largest absolute Gasteiger partial charge is 0.497 e. The second-order valence-electron chi connectivity index (χ2n) is 5.58. The van der Waals surface area contributed by atoms with Gasteiger partial charge in [0.15, 0.2) is 5.16 Å². The number of oxime groups is 1. The molecule has 3 rings (SSSR count). The van der Waals surface area contributed by atoms with Crippen LogP contribution >= 0.6 is 11.8 Å². The monoisotopic (exact) mass is 319 g/mol. The molecule has 0 bridgehead atoms. The Morgan fingerprint density at radius 1 is 1.32 bits per heavy atom. The number of aromatic amines is 1. The summed E-state index contributed by atoms with van der Waals surface area (Å²) in [4.78, 5) is 7.95. The Kier molecular flexibility index (Phi) is 4.87. The van der Waals surface area contributed by atoms with Crippen molar-refractivity contribution in [2.24, 2.45) is 5.16 Å². The number of benzene rings is 1. The van der Waals surface area contributed by atoms with Crippen molar-refractivity contribution in [1.29, 1.82) is 0 Å².